The fourth-order valence-corrected chi connectivity index (χ4v) is 4.81. The van der Waals surface area contributed by atoms with E-state index in [-0.39, 0.29) is 12.1 Å². The smallest absolute Gasteiger partial charge is 0.338 e. The molecule has 3 heterocycles. The molecule has 0 amide bonds. The van der Waals surface area contributed by atoms with Crippen LogP contribution in [-0.2, 0) is 4.74 Å². The van der Waals surface area contributed by atoms with Crippen molar-refractivity contribution < 1.29 is 9.53 Å². The number of anilines is 1. The Bertz CT molecular complexity index is 1080. The Morgan fingerprint density at radius 3 is 2.89 bits per heavy atom. The number of hydrogen-bond donors (Lipinski definition) is 2. The second-order valence-electron chi connectivity index (χ2n) is 6.95. The lowest BCUT2D eigenvalue weighted by Crippen LogP contribution is -2.33. The first-order valence-corrected chi connectivity index (χ1v) is 10.5. The van der Waals surface area contributed by atoms with Gasteiger partial charge in [-0.1, -0.05) is 11.6 Å². The molecule has 0 radical (unpaired) electrons. The standard InChI is InChI=1S/C21H18ClN3O2S/c22-17-11-16-15-10-12(21(26)27-13-5-8-23-9-6-13)3-4-18(15)28-25-20(16)19-14(17)2-1-7-24-19/h1-4,7,10-11,13,23,25H,5-6,8-9H2. The number of benzene rings is 2. The van der Waals surface area contributed by atoms with Gasteiger partial charge in [0, 0.05) is 27.6 Å². The number of nitrogens with one attached hydrogen (secondary N) is 2. The maximum absolute atomic E-state index is 12.7. The fraction of sp³-hybridized carbons (Fsp3) is 0.238. The summed E-state index contributed by atoms with van der Waals surface area (Å²) in [5, 5.41) is 4.83. The normalized spacial score (nSPS) is 16.2. The van der Waals surface area contributed by atoms with Crippen LogP contribution in [0.3, 0.4) is 0 Å². The molecule has 7 heteroatoms. The van der Waals surface area contributed by atoms with Gasteiger partial charge in [0.05, 0.1) is 21.8 Å². The molecule has 5 nitrogen and oxygen atoms in total. The maximum Gasteiger partial charge on any atom is 0.338 e. The van der Waals surface area contributed by atoms with Gasteiger partial charge in [-0.2, -0.15) is 0 Å². The number of rotatable bonds is 2. The lowest BCUT2D eigenvalue weighted by atomic mass is 9.99. The Labute approximate surface area is 172 Å². The SMILES string of the molecule is O=C(OC1CCNCC1)c1ccc2c(c1)-c1cc(Cl)c3cccnc3c1NS2. The Kier molecular flexibility index (Phi) is 4.62. The second-order valence-corrected chi connectivity index (χ2v) is 8.21. The topological polar surface area (TPSA) is 63.2 Å². The van der Waals surface area contributed by atoms with Crippen LogP contribution in [0.15, 0.2) is 47.5 Å². The highest BCUT2D eigenvalue weighted by molar-refractivity contribution is 8.00. The predicted octanol–water partition coefficient (Wildman–Crippen LogP) is 4.90. The van der Waals surface area contributed by atoms with Gasteiger partial charge in [-0.3, -0.25) is 4.98 Å². The maximum atomic E-state index is 12.7. The molecule has 5 rings (SSSR count). The van der Waals surface area contributed by atoms with Crippen LogP contribution in [0.4, 0.5) is 5.69 Å². The Balaban J connectivity index is 1.54. The number of pyridine rings is 1. The van der Waals surface area contributed by atoms with E-state index in [1.165, 1.54) is 11.9 Å². The summed E-state index contributed by atoms with van der Waals surface area (Å²) in [5.74, 6) is -0.273. The van der Waals surface area contributed by atoms with E-state index >= 15 is 0 Å². The first-order chi connectivity index (χ1) is 13.7. The van der Waals surface area contributed by atoms with Gasteiger partial charge in [0.2, 0.25) is 0 Å². The van der Waals surface area contributed by atoms with Gasteiger partial charge < -0.3 is 14.8 Å². The highest BCUT2D eigenvalue weighted by Crippen LogP contribution is 2.47. The van der Waals surface area contributed by atoms with E-state index in [1.807, 2.05) is 36.4 Å². The van der Waals surface area contributed by atoms with E-state index in [2.05, 4.69) is 15.0 Å². The number of halogens is 1. The minimum Gasteiger partial charge on any atom is -0.459 e. The van der Waals surface area contributed by atoms with Crippen LogP contribution in [0.25, 0.3) is 22.0 Å². The number of carbonyl (C=O) groups is 1. The summed E-state index contributed by atoms with van der Waals surface area (Å²) in [5.41, 5.74) is 4.21. The van der Waals surface area contributed by atoms with Gasteiger partial charge in [0.15, 0.2) is 0 Å². The van der Waals surface area contributed by atoms with Gasteiger partial charge >= 0.3 is 5.97 Å². The molecule has 1 saturated heterocycles. The van der Waals surface area contributed by atoms with Crippen molar-refractivity contribution in [3.05, 3.63) is 53.2 Å². The van der Waals surface area contributed by atoms with Gasteiger partial charge in [0.1, 0.15) is 6.10 Å². The van der Waals surface area contributed by atoms with Crippen LogP contribution in [0.5, 0.6) is 0 Å². The zero-order chi connectivity index (χ0) is 19.1. The minimum atomic E-state index is -0.273. The molecule has 0 aliphatic carbocycles. The van der Waals surface area contributed by atoms with Crippen molar-refractivity contribution in [3.63, 3.8) is 0 Å². The van der Waals surface area contributed by atoms with Gasteiger partial charge in [0.25, 0.3) is 0 Å². The van der Waals surface area contributed by atoms with Crippen LogP contribution >= 0.6 is 23.5 Å². The summed E-state index contributed by atoms with van der Waals surface area (Å²) in [6.45, 7) is 1.77. The molecule has 2 aliphatic rings. The molecule has 2 aromatic carbocycles. The monoisotopic (exact) mass is 411 g/mol. The summed E-state index contributed by atoms with van der Waals surface area (Å²) >= 11 is 8.03. The molecule has 3 aromatic rings. The third kappa shape index (κ3) is 3.11. The van der Waals surface area contributed by atoms with Crippen molar-refractivity contribution in [3.8, 4) is 11.1 Å². The first kappa shape index (κ1) is 17.8. The summed E-state index contributed by atoms with van der Waals surface area (Å²) in [4.78, 5) is 18.2. The molecule has 2 N–H and O–H groups in total. The zero-order valence-corrected chi connectivity index (χ0v) is 16.6. The Morgan fingerprint density at radius 2 is 2.04 bits per heavy atom. The number of ether oxygens (including phenoxy) is 1. The average Bonchev–Trinajstić information content (AvgIpc) is 2.74. The second kappa shape index (κ2) is 7.28. The van der Waals surface area contributed by atoms with Crippen molar-refractivity contribution in [2.75, 3.05) is 17.8 Å². The number of piperidine rings is 1. The molecule has 2 aliphatic heterocycles. The third-order valence-electron chi connectivity index (χ3n) is 5.17. The van der Waals surface area contributed by atoms with Crippen LogP contribution in [0.1, 0.15) is 23.2 Å². The van der Waals surface area contributed by atoms with Crippen molar-refractivity contribution >= 4 is 46.1 Å². The number of nitrogens with zero attached hydrogens (tertiary/aromatic N) is 1. The minimum absolute atomic E-state index is 0.0179. The van der Waals surface area contributed by atoms with Crippen molar-refractivity contribution in [1.29, 1.82) is 0 Å². The summed E-state index contributed by atoms with van der Waals surface area (Å²) in [6.07, 6.45) is 3.45. The van der Waals surface area contributed by atoms with Crippen LogP contribution in [0, 0.1) is 0 Å². The number of carbonyl (C=O) groups excluding carboxylic acids is 1. The van der Waals surface area contributed by atoms with Crippen LogP contribution in [-0.4, -0.2) is 30.1 Å². The molecule has 1 aromatic heterocycles. The van der Waals surface area contributed by atoms with Crippen molar-refractivity contribution in [1.82, 2.24) is 10.3 Å². The summed E-state index contributed by atoms with van der Waals surface area (Å²) in [6, 6.07) is 11.4. The molecule has 28 heavy (non-hydrogen) atoms. The molecule has 0 unspecified atom stereocenters. The van der Waals surface area contributed by atoms with Gasteiger partial charge in [-0.15, -0.1) is 0 Å². The number of fused-ring (bicyclic) bond motifs is 5. The van der Waals surface area contributed by atoms with Crippen LogP contribution in [0.2, 0.25) is 5.02 Å². The van der Waals surface area contributed by atoms with E-state index in [9.17, 15) is 4.79 Å². The summed E-state index contributed by atoms with van der Waals surface area (Å²) in [7, 11) is 0. The Morgan fingerprint density at radius 1 is 1.18 bits per heavy atom. The van der Waals surface area contributed by atoms with Crippen molar-refractivity contribution in [2.24, 2.45) is 0 Å². The van der Waals surface area contributed by atoms with E-state index in [4.69, 9.17) is 16.3 Å². The fourth-order valence-electron chi connectivity index (χ4n) is 3.71. The van der Waals surface area contributed by atoms with Crippen molar-refractivity contribution in [2.45, 2.75) is 23.8 Å². The van der Waals surface area contributed by atoms with E-state index in [0.717, 1.165) is 58.5 Å². The molecule has 0 atom stereocenters. The molecule has 0 spiro atoms. The number of esters is 1. The number of aromatic nitrogens is 1. The molecule has 142 valence electrons. The van der Waals surface area contributed by atoms with Gasteiger partial charge in [-0.05, 0) is 74.3 Å². The van der Waals surface area contributed by atoms with E-state index in [1.54, 1.807) is 6.20 Å². The summed E-state index contributed by atoms with van der Waals surface area (Å²) < 4.78 is 9.09. The third-order valence-corrected chi connectivity index (χ3v) is 6.37. The van der Waals surface area contributed by atoms with Gasteiger partial charge in [-0.25, -0.2) is 4.79 Å². The largest absolute Gasteiger partial charge is 0.459 e. The van der Waals surface area contributed by atoms with Crippen LogP contribution < -0.4 is 10.0 Å². The molecule has 0 saturated carbocycles. The molecule has 0 bridgehead atoms. The Hall–Kier alpha value is -2.28. The molecule has 1 fully saturated rings. The molecular weight excluding hydrogens is 394 g/mol. The average molecular weight is 412 g/mol. The lowest BCUT2D eigenvalue weighted by Gasteiger charge is -2.24. The van der Waals surface area contributed by atoms with E-state index < -0.39 is 0 Å². The molecular formula is C21H18ClN3O2S. The quantitative estimate of drug-likeness (QED) is 0.462. The highest BCUT2D eigenvalue weighted by atomic mass is 35.5. The van der Waals surface area contributed by atoms with E-state index in [0.29, 0.717) is 10.6 Å². The predicted molar refractivity (Wildman–Crippen MR) is 113 cm³/mol. The number of hydrogen-bond acceptors (Lipinski definition) is 6. The zero-order valence-electron chi connectivity index (χ0n) is 15.0. The first-order valence-electron chi connectivity index (χ1n) is 9.27. The lowest BCUT2D eigenvalue weighted by molar-refractivity contribution is 0.0229. The highest BCUT2D eigenvalue weighted by Gasteiger charge is 2.24.